The van der Waals surface area contributed by atoms with E-state index >= 15 is 0 Å². The van der Waals surface area contributed by atoms with E-state index in [0.29, 0.717) is 0 Å². The molecule has 0 amide bonds. The number of fused-ring (bicyclic) bond motifs is 1. The molecule has 0 bridgehead atoms. The summed E-state index contributed by atoms with van der Waals surface area (Å²) in [5, 5.41) is 0. The van der Waals surface area contributed by atoms with Crippen molar-refractivity contribution in [3.63, 3.8) is 0 Å². The number of nitrogens with two attached hydrogens (primary N) is 1. The summed E-state index contributed by atoms with van der Waals surface area (Å²) >= 11 is 0. The predicted molar refractivity (Wildman–Crippen MR) is 55.6 cm³/mol. The Kier molecular flexibility index (Phi) is 3.23. The number of nitrogens with zero attached hydrogens (tertiary/aromatic N) is 1. The maximum atomic E-state index is 5.66. The highest BCUT2D eigenvalue weighted by Gasteiger charge is 2.31. The van der Waals surface area contributed by atoms with Gasteiger partial charge in [-0.15, -0.1) is 0 Å². The molecule has 0 saturated carbocycles. The van der Waals surface area contributed by atoms with E-state index in [4.69, 9.17) is 5.73 Å². The topological polar surface area (TPSA) is 29.3 Å². The van der Waals surface area contributed by atoms with Crippen molar-refractivity contribution < 1.29 is 0 Å². The van der Waals surface area contributed by atoms with Gasteiger partial charge in [0.15, 0.2) is 0 Å². The summed E-state index contributed by atoms with van der Waals surface area (Å²) in [5.74, 6) is 0.916. The van der Waals surface area contributed by atoms with Crippen molar-refractivity contribution in [2.75, 3.05) is 19.6 Å². The van der Waals surface area contributed by atoms with E-state index in [1.165, 1.54) is 51.6 Å². The van der Waals surface area contributed by atoms with Gasteiger partial charge in [-0.05, 0) is 57.7 Å². The maximum Gasteiger partial charge on any atom is 0.0124 e. The van der Waals surface area contributed by atoms with E-state index < -0.39 is 0 Å². The lowest BCUT2D eigenvalue weighted by Crippen LogP contribution is -2.48. The molecule has 1 unspecified atom stereocenters. The number of hydrogen-bond donors (Lipinski definition) is 1. The van der Waals surface area contributed by atoms with Crippen LogP contribution in [0.15, 0.2) is 0 Å². The highest BCUT2D eigenvalue weighted by molar-refractivity contribution is 4.86. The van der Waals surface area contributed by atoms with Crippen LogP contribution in [0, 0.1) is 5.92 Å². The molecule has 2 heteroatoms. The zero-order chi connectivity index (χ0) is 9.10. The lowest BCUT2D eigenvalue weighted by atomic mass is 9.82. The minimum absolute atomic E-state index is 0.884. The second-order valence-corrected chi connectivity index (χ2v) is 4.58. The van der Waals surface area contributed by atoms with Crippen LogP contribution in [0.1, 0.15) is 38.5 Å². The van der Waals surface area contributed by atoms with E-state index in [2.05, 4.69) is 4.90 Å². The van der Waals surface area contributed by atoms with Gasteiger partial charge in [-0.3, -0.25) is 0 Å². The van der Waals surface area contributed by atoms with Crippen LogP contribution in [0.2, 0.25) is 0 Å². The van der Waals surface area contributed by atoms with E-state index in [9.17, 15) is 0 Å². The van der Waals surface area contributed by atoms with E-state index in [-0.39, 0.29) is 0 Å². The van der Waals surface area contributed by atoms with Crippen molar-refractivity contribution in [3.8, 4) is 0 Å². The standard InChI is InChI=1S/C11H22N2/c12-7-6-10-4-3-9-13-8-2-1-5-11(10)13/h10-11H,1-9,12H2/t10-,11?/m0/s1. The Hall–Kier alpha value is -0.0800. The van der Waals surface area contributed by atoms with Crippen molar-refractivity contribution in [2.24, 2.45) is 11.7 Å². The molecule has 2 fully saturated rings. The van der Waals surface area contributed by atoms with Gasteiger partial charge in [0.05, 0.1) is 0 Å². The summed E-state index contributed by atoms with van der Waals surface area (Å²) in [6.07, 6.45) is 8.39. The Morgan fingerprint density at radius 1 is 1.08 bits per heavy atom. The van der Waals surface area contributed by atoms with Crippen LogP contribution < -0.4 is 5.73 Å². The molecule has 2 nitrogen and oxygen atoms in total. The van der Waals surface area contributed by atoms with Gasteiger partial charge >= 0.3 is 0 Å². The molecule has 13 heavy (non-hydrogen) atoms. The van der Waals surface area contributed by atoms with Crippen LogP contribution in [-0.4, -0.2) is 30.6 Å². The summed E-state index contributed by atoms with van der Waals surface area (Å²) in [7, 11) is 0. The van der Waals surface area contributed by atoms with Gasteiger partial charge in [-0.2, -0.15) is 0 Å². The molecule has 2 aliphatic rings. The second-order valence-electron chi connectivity index (χ2n) is 4.58. The van der Waals surface area contributed by atoms with Crippen LogP contribution in [0.25, 0.3) is 0 Å². The predicted octanol–water partition coefficient (Wildman–Crippen LogP) is 1.60. The average Bonchev–Trinajstić information content (AvgIpc) is 2.19. The largest absolute Gasteiger partial charge is 0.330 e. The van der Waals surface area contributed by atoms with Crippen molar-refractivity contribution in [1.82, 2.24) is 4.90 Å². The first-order chi connectivity index (χ1) is 6.42. The molecule has 0 aliphatic carbocycles. The average molecular weight is 182 g/mol. The lowest BCUT2D eigenvalue weighted by Gasteiger charge is -2.44. The summed E-state index contributed by atoms with van der Waals surface area (Å²) in [4.78, 5) is 2.72. The zero-order valence-electron chi connectivity index (χ0n) is 8.54. The molecule has 0 spiro atoms. The fourth-order valence-corrected chi connectivity index (χ4v) is 3.13. The zero-order valence-corrected chi connectivity index (χ0v) is 8.54. The Bertz CT molecular complexity index is 154. The Morgan fingerprint density at radius 3 is 2.77 bits per heavy atom. The van der Waals surface area contributed by atoms with Gasteiger partial charge in [0, 0.05) is 6.04 Å². The van der Waals surface area contributed by atoms with Gasteiger partial charge in [-0.1, -0.05) is 6.42 Å². The molecule has 0 aromatic rings. The van der Waals surface area contributed by atoms with E-state index in [1.54, 1.807) is 0 Å². The van der Waals surface area contributed by atoms with Crippen LogP contribution in [0.4, 0.5) is 0 Å². The van der Waals surface area contributed by atoms with Gasteiger partial charge < -0.3 is 10.6 Å². The Labute approximate surface area is 81.5 Å². The second kappa shape index (κ2) is 4.43. The Balaban J connectivity index is 1.94. The monoisotopic (exact) mass is 182 g/mol. The third-order valence-electron chi connectivity index (χ3n) is 3.77. The van der Waals surface area contributed by atoms with Crippen molar-refractivity contribution >= 4 is 0 Å². The molecule has 2 aliphatic heterocycles. The fraction of sp³-hybridized carbons (Fsp3) is 1.00. The van der Waals surface area contributed by atoms with Gasteiger partial charge in [0.2, 0.25) is 0 Å². The normalized spacial score (nSPS) is 35.8. The molecule has 0 aromatic carbocycles. The summed E-state index contributed by atoms with van der Waals surface area (Å²) in [6.45, 7) is 3.59. The molecule has 2 atom stereocenters. The van der Waals surface area contributed by atoms with Gasteiger partial charge in [0.25, 0.3) is 0 Å². The van der Waals surface area contributed by atoms with Crippen LogP contribution in [0.3, 0.4) is 0 Å². The van der Waals surface area contributed by atoms with Crippen molar-refractivity contribution in [3.05, 3.63) is 0 Å². The first kappa shape index (κ1) is 9.47. The minimum Gasteiger partial charge on any atom is -0.330 e. The number of hydrogen-bond acceptors (Lipinski definition) is 2. The molecule has 2 heterocycles. The smallest absolute Gasteiger partial charge is 0.0124 e. The van der Waals surface area contributed by atoms with Crippen LogP contribution >= 0.6 is 0 Å². The summed E-state index contributed by atoms with van der Waals surface area (Å²) in [6, 6.07) is 0.894. The maximum absolute atomic E-state index is 5.66. The highest BCUT2D eigenvalue weighted by Crippen LogP contribution is 2.32. The van der Waals surface area contributed by atoms with E-state index in [0.717, 1.165) is 18.5 Å². The van der Waals surface area contributed by atoms with Crippen LogP contribution in [0.5, 0.6) is 0 Å². The quantitative estimate of drug-likeness (QED) is 0.703. The third kappa shape index (κ3) is 2.05. The molecule has 76 valence electrons. The number of piperidine rings is 2. The van der Waals surface area contributed by atoms with Gasteiger partial charge in [0.1, 0.15) is 0 Å². The van der Waals surface area contributed by atoms with Crippen molar-refractivity contribution in [1.29, 1.82) is 0 Å². The number of rotatable bonds is 2. The highest BCUT2D eigenvalue weighted by atomic mass is 15.2. The Morgan fingerprint density at radius 2 is 1.92 bits per heavy atom. The first-order valence-corrected chi connectivity index (χ1v) is 5.86. The molecule has 0 radical (unpaired) electrons. The molecular formula is C11H22N2. The molecule has 0 aromatic heterocycles. The minimum atomic E-state index is 0.884. The lowest BCUT2D eigenvalue weighted by molar-refractivity contribution is 0.0569. The molecule has 2 rings (SSSR count). The van der Waals surface area contributed by atoms with E-state index in [1.807, 2.05) is 0 Å². The summed E-state index contributed by atoms with van der Waals surface area (Å²) < 4.78 is 0. The third-order valence-corrected chi connectivity index (χ3v) is 3.77. The first-order valence-electron chi connectivity index (χ1n) is 5.86. The SMILES string of the molecule is NCC[C@@H]1CCCN2CCCCC12. The molecular weight excluding hydrogens is 160 g/mol. The van der Waals surface area contributed by atoms with Crippen LogP contribution in [-0.2, 0) is 0 Å². The van der Waals surface area contributed by atoms with Crippen molar-refractivity contribution in [2.45, 2.75) is 44.6 Å². The molecule has 2 saturated heterocycles. The molecule has 2 N–H and O–H groups in total. The van der Waals surface area contributed by atoms with Gasteiger partial charge in [-0.25, -0.2) is 0 Å². The fourth-order valence-electron chi connectivity index (χ4n) is 3.13. The summed E-state index contributed by atoms with van der Waals surface area (Å²) in [5.41, 5.74) is 5.66.